The van der Waals surface area contributed by atoms with E-state index in [0.717, 1.165) is 0 Å². The first-order valence-corrected chi connectivity index (χ1v) is 7.51. The molecule has 25 heavy (non-hydrogen) atoms. The van der Waals surface area contributed by atoms with Gasteiger partial charge in [-0.15, -0.1) is 0 Å². The third-order valence-electron chi connectivity index (χ3n) is 3.42. The summed E-state index contributed by atoms with van der Waals surface area (Å²) in [5.41, 5.74) is 1.06. The number of amides is 1. The van der Waals surface area contributed by atoms with Crippen molar-refractivity contribution in [2.75, 3.05) is 13.7 Å². The fraction of sp³-hybridized carbons (Fsp3) is 0.375. The molecule has 0 bridgehead atoms. The zero-order chi connectivity index (χ0) is 18.4. The zero-order valence-electron chi connectivity index (χ0n) is 13.8. The fourth-order valence-electron chi connectivity index (χ4n) is 2.09. The maximum Gasteiger partial charge on any atom is 0.328 e. The van der Waals surface area contributed by atoms with Crippen LogP contribution < -0.4 is 5.32 Å². The van der Waals surface area contributed by atoms with Gasteiger partial charge in [0, 0.05) is 25.5 Å². The van der Waals surface area contributed by atoms with Crippen molar-refractivity contribution < 1.29 is 28.3 Å². The Balaban J connectivity index is 1.93. The SMILES string of the molecule is COCC(NC(=O)CCc1nc(-c2ccc(F)c(C)c2)no1)C(=O)O. The lowest BCUT2D eigenvalue weighted by atomic mass is 10.1. The first-order valence-electron chi connectivity index (χ1n) is 7.51. The Morgan fingerprint density at radius 1 is 1.44 bits per heavy atom. The summed E-state index contributed by atoms with van der Waals surface area (Å²) in [5.74, 6) is -1.45. The number of carbonyl (C=O) groups is 2. The van der Waals surface area contributed by atoms with Crippen molar-refractivity contribution in [3.8, 4) is 11.4 Å². The summed E-state index contributed by atoms with van der Waals surface area (Å²) in [6.07, 6.45) is 0.135. The molecule has 0 aliphatic heterocycles. The quantitative estimate of drug-likeness (QED) is 0.737. The summed E-state index contributed by atoms with van der Waals surface area (Å²) in [6, 6.07) is 3.33. The van der Waals surface area contributed by atoms with Crippen LogP contribution in [0.25, 0.3) is 11.4 Å². The number of ether oxygens (including phenoxy) is 1. The average Bonchev–Trinajstić information content (AvgIpc) is 3.04. The number of hydrogen-bond acceptors (Lipinski definition) is 6. The first kappa shape index (κ1) is 18.5. The smallest absolute Gasteiger partial charge is 0.328 e. The van der Waals surface area contributed by atoms with Crippen molar-refractivity contribution in [2.24, 2.45) is 0 Å². The minimum Gasteiger partial charge on any atom is -0.480 e. The number of halogens is 1. The van der Waals surface area contributed by atoms with E-state index in [2.05, 4.69) is 15.5 Å². The summed E-state index contributed by atoms with van der Waals surface area (Å²) in [6.45, 7) is 1.50. The van der Waals surface area contributed by atoms with E-state index >= 15 is 0 Å². The van der Waals surface area contributed by atoms with Gasteiger partial charge in [-0.3, -0.25) is 4.79 Å². The molecule has 0 saturated carbocycles. The van der Waals surface area contributed by atoms with Gasteiger partial charge in [0.2, 0.25) is 17.6 Å². The van der Waals surface area contributed by atoms with Crippen molar-refractivity contribution in [3.63, 3.8) is 0 Å². The molecule has 8 nitrogen and oxygen atoms in total. The lowest BCUT2D eigenvalue weighted by Crippen LogP contribution is -2.43. The van der Waals surface area contributed by atoms with Crippen LogP contribution in [0.5, 0.6) is 0 Å². The largest absolute Gasteiger partial charge is 0.480 e. The van der Waals surface area contributed by atoms with Crippen LogP contribution in [0.4, 0.5) is 4.39 Å². The van der Waals surface area contributed by atoms with E-state index in [1.807, 2.05) is 0 Å². The van der Waals surface area contributed by atoms with Gasteiger partial charge in [0.15, 0.2) is 6.04 Å². The number of aliphatic carboxylic acids is 1. The van der Waals surface area contributed by atoms with Gasteiger partial charge in [-0.2, -0.15) is 4.98 Å². The number of methoxy groups -OCH3 is 1. The number of benzene rings is 1. The van der Waals surface area contributed by atoms with Crippen molar-refractivity contribution >= 4 is 11.9 Å². The number of aromatic nitrogens is 2. The van der Waals surface area contributed by atoms with Crippen molar-refractivity contribution in [1.82, 2.24) is 15.5 Å². The lowest BCUT2D eigenvalue weighted by Gasteiger charge is -2.12. The molecule has 2 N–H and O–H groups in total. The van der Waals surface area contributed by atoms with Gasteiger partial charge in [-0.05, 0) is 30.7 Å². The second-order valence-electron chi connectivity index (χ2n) is 5.39. The van der Waals surface area contributed by atoms with E-state index < -0.39 is 17.9 Å². The molecule has 0 fully saturated rings. The van der Waals surface area contributed by atoms with Crippen LogP contribution in [-0.4, -0.2) is 46.9 Å². The molecule has 0 saturated heterocycles. The topological polar surface area (TPSA) is 115 Å². The van der Waals surface area contributed by atoms with E-state index in [1.54, 1.807) is 13.0 Å². The van der Waals surface area contributed by atoms with E-state index in [1.165, 1.54) is 19.2 Å². The highest BCUT2D eigenvalue weighted by Crippen LogP contribution is 2.19. The molecule has 2 aromatic rings. The Kier molecular flexibility index (Phi) is 6.18. The maximum absolute atomic E-state index is 13.3. The molecule has 1 aromatic heterocycles. The van der Waals surface area contributed by atoms with E-state index in [-0.39, 0.29) is 31.2 Å². The van der Waals surface area contributed by atoms with E-state index in [4.69, 9.17) is 14.4 Å². The Bertz CT molecular complexity index is 762. The van der Waals surface area contributed by atoms with Crippen LogP contribution >= 0.6 is 0 Å². The van der Waals surface area contributed by atoms with Crippen LogP contribution in [0.15, 0.2) is 22.7 Å². The minimum atomic E-state index is -1.18. The Hall–Kier alpha value is -2.81. The summed E-state index contributed by atoms with van der Waals surface area (Å²) in [5, 5.41) is 15.1. The standard InChI is InChI=1S/C16H18FN3O5/c1-9-7-10(3-4-11(9)17)15-19-14(25-20-15)6-5-13(21)18-12(8-24-2)16(22)23/h3-4,7,12H,5-6,8H2,1-2H3,(H,18,21)(H,22,23). The highest BCUT2D eigenvalue weighted by atomic mass is 19.1. The fourth-order valence-corrected chi connectivity index (χ4v) is 2.09. The molecule has 2 rings (SSSR count). The van der Waals surface area contributed by atoms with Gasteiger partial charge < -0.3 is 19.7 Å². The van der Waals surface area contributed by atoms with Crippen molar-refractivity contribution in [1.29, 1.82) is 0 Å². The van der Waals surface area contributed by atoms with Gasteiger partial charge in [0.05, 0.1) is 6.61 Å². The number of hydrogen-bond donors (Lipinski definition) is 2. The zero-order valence-corrected chi connectivity index (χ0v) is 13.8. The molecule has 1 heterocycles. The number of nitrogens with one attached hydrogen (secondary N) is 1. The molecule has 9 heteroatoms. The number of rotatable bonds is 8. The van der Waals surface area contributed by atoms with Crippen LogP contribution in [0.3, 0.4) is 0 Å². The number of carboxylic acid groups (broad SMARTS) is 1. The molecule has 0 aliphatic rings. The number of aryl methyl sites for hydroxylation is 2. The third kappa shape index (κ3) is 5.08. The van der Waals surface area contributed by atoms with Gasteiger partial charge in [-0.1, -0.05) is 5.16 Å². The molecule has 0 spiro atoms. The van der Waals surface area contributed by atoms with Crippen LogP contribution in [0.1, 0.15) is 17.9 Å². The van der Waals surface area contributed by atoms with Gasteiger partial charge in [0.1, 0.15) is 5.82 Å². The molecule has 134 valence electrons. The predicted octanol–water partition coefficient (Wildman–Crippen LogP) is 1.33. The molecule has 1 aromatic carbocycles. The summed E-state index contributed by atoms with van der Waals surface area (Å²) in [4.78, 5) is 26.9. The van der Waals surface area contributed by atoms with E-state index in [9.17, 15) is 14.0 Å². The van der Waals surface area contributed by atoms with Crippen LogP contribution in [0.2, 0.25) is 0 Å². The van der Waals surface area contributed by atoms with Crippen molar-refractivity contribution in [3.05, 3.63) is 35.5 Å². The molecule has 1 atom stereocenters. The summed E-state index contributed by atoms with van der Waals surface area (Å²) >= 11 is 0. The second kappa shape index (κ2) is 8.34. The van der Waals surface area contributed by atoms with Crippen LogP contribution in [-0.2, 0) is 20.7 Å². The Labute approximate surface area is 143 Å². The molecule has 0 aliphatic carbocycles. The monoisotopic (exact) mass is 351 g/mol. The van der Waals surface area contributed by atoms with Gasteiger partial charge >= 0.3 is 5.97 Å². The highest BCUT2D eigenvalue weighted by Gasteiger charge is 2.20. The normalized spacial score (nSPS) is 12.0. The number of carboxylic acids is 1. The summed E-state index contributed by atoms with van der Waals surface area (Å²) < 4.78 is 23.1. The number of nitrogens with zero attached hydrogens (tertiary/aromatic N) is 2. The molecule has 0 radical (unpaired) electrons. The van der Waals surface area contributed by atoms with Crippen LogP contribution in [0, 0.1) is 12.7 Å². The first-order chi connectivity index (χ1) is 11.9. The minimum absolute atomic E-state index is 0.0163. The Morgan fingerprint density at radius 2 is 2.20 bits per heavy atom. The average molecular weight is 351 g/mol. The molecule has 1 amide bonds. The Morgan fingerprint density at radius 3 is 2.84 bits per heavy atom. The maximum atomic E-state index is 13.3. The highest BCUT2D eigenvalue weighted by molar-refractivity contribution is 5.83. The lowest BCUT2D eigenvalue weighted by molar-refractivity contribution is -0.143. The van der Waals surface area contributed by atoms with E-state index in [0.29, 0.717) is 17.0 Å². The predicted molar refractivity (Wildman–Crippen MR) is 84.2 cm³/mol. The summed E-state index contributed by atoms with van der Waals surface area (Å²) in [7, 11) is 1.35. The van der Waals surface area contributed by atoms with Gasteiger partial charge in [-0.25, -0.2) is 9.18 Å². The van der Waals surface area contributed by atoms with Crippen molar-refractivity contribution in [2.45, 2.75) is 25.8 Å². The second-order valence-corrected chi connectivity index (χ2v) is 5.39. The molecule has 1 unspecified atom stereocenters. The third-order valence-corrected chi connectivity index (χ3v) is 3.42. The molecular formula is C16H18FN3O5. The van der Waals surface area contributed by atoms with Gasteiger partial charge in [0.25, 0.3) is 0 Å². The number of carbonyl (C=O) groups excluding carboxylic acids is 1. The molecular weight excluding hydrogens is 333 g/mol.